The minimum Gasteiger partial charge on any atom is -0.492 e. The first kappa shape index (κ1) is 19.9. The van der Waals surface area contributed by atoms with Crippen molar-refractivity contribution < 1.29 is 22.7 Å². The van der Waals surface area contributed by atoms with Crippen molar-refractivity contribution in [2.45, 2.75) is 33.1 Å². The molecule has 4 rings (SSSR count). The van der Waals surface area contributed by atoms with Gasteiger partial charge in [-0.2, -0.15) is 13.2 Å². The molecule has 0 radical (unpaired) electrons. The molecule has 1 amide bonds. The second kappa shape index (κ2) is 7.43. The summed E-state index contributed by atoms with van der Waals surface area (Å²) < 4.78 is 44.2. The number of pyridine rings is 2. The lowest BCUT2D eigenvalue weighted by molar-refractivity contribution is -0.140. The summed E-state index contributed by atoms with van der Waals surface area (Å²) >= 11 is 0. The molecule has 10 heteroatoms. The van der Waals surface area contributed by atoms with Gasteiger partial charge in [-0.1, -0.05) is 0 Å². The summed E-state index contributed by atoms with van der Waals surface area (Å²) in [6, 6.07) is 3.60. The smallest absolute Gasteiger partial charge is 0.406 e. The maximum Gasteiger partial charge on any atom is 0.406 e. The van der Waals surface area contributed by atoms with Crippen LogP contribution < -0.4 is 9.64 Å². The van der Waals surface area contributed by atoms with E-state index in [1.807, 2.05) is 13.0 Å². The van der Waals surface area contributed by atoms with Crippen molar-refractivity contribution in [3.8, 4) is 17.0 Å². The van der Waals surface area contributed by atoms with Crippen molar-refractivity contribution in [3.63, 3.8) is 0 Å². The average Bonchev–Trinajstić information content (AvgIpc) is 3.25. The maximum atomic E-state index is 12.9. The van der Waals surface area contributed by atoms with Gasteiger partial charge in [0.2, 0.25) is 0 Å². The van der Waals surface area contributed by atoms with E-state index in [1.165, 1.54) is 11.1 Å². The lowest BCUT2D eigenvalue weighted by Crippen LogP contribution is -2.23. The molecule has 0 unspecified atom stereocenters. The quantitative estimate of drug-likeness (QED) is 0.632. The van der Waals surface area contributed by atoms with Crippen LogP contribution in [-0.4, -0.2) is 38.2 Å². The monoisotopic (exact) mass is 417 g/mol. The number of amides is 1. The number of alkyl halides is 3. The van der Waals surface area contributed by atoms with Crippen LogP contribution in [0.25, 0.3) is 11.3 Å². The molecule has 3 aromatic heterocycles. The molecule has 156 valence electrons. The average molecular weight is 417 g/mol. The fourth-order valence-electron chi connectivity index (χ4n) is 3.42. The standard InChI is InChI=1S/C20H18F3N5O2/c1-3-30-14-5-13(6-24-7-14)15-4-12(2)18-16(26-15)8-28(19(18)29)17-9-27(11-25-17)10-20(21,22)23/h4-7,9,11H,3,8,10H2,1-2H3. The topological polar surface area (TPSA) is 73.1 Å². The molecule has 0 N–H and O–H groups in total. The summed E-state index contributed by atoms with van der Waals surface area (Å²) in [5, 5.41) is 0. The Bertz CT molecular complexity index is 1110. The maximum absolute atomic E-state index is 12.9. The minimum atomic E-state index is -4.37. The van der Waals surface area contributed by atoms with Crippen molar-refractivity contribution in [3.05, 3.63) is 53.9 Å². The van der Waals surface area contributed by atoms with Crippen LogP contribution in [0.15, 0.2) is 37.1 Å². The Morgan fingerprint density at radius 2 is 2.03 bits per heavy atom. The second-order valence-corrected chi connectivity index (χ2v) is 6.90. The first-order valence-electron chi connectivity index (χ1n) is 9.24. The van der Waals surface area contributed by atoms with Crippen LogP contribution in [0.5, 0.6) is 5.75 Å². The lowest BCUT2D eigenvalue weighted by Gasteiger charge is -2.11. The predicted molar refractivity (Wildman–Crippen MR) is 102 cm³/mol. The molecule has 0 atom stereocenters. The highest BCUT2D eigenvalue weighted by Crippen LogP contribution is 2.32. The first-order valence-corrected chi connectivity index (χ1v) is 9.24. The lowest BCUT2D eigenvalue weighted by atomic mass is 10.1. The molecular weight excluding hydrogens is 399 g/mol. The van der Waals surface area contributed by atoms with Crippen LogP contribution in [0, 0.1) is 6.92 Å². The number of halogens is 3. The second-order valence-electron chi connectivity index (χ2n) is 6.90. The zero-order valence-electron chi connectivity index (χ0n) is 16.3. The molecule has 4 heterocycles. The Kier molecular flexibility index (Phi) is 4.92. The number of fused-ring (bicyclic) bond motifs is 1. The Morgan fingerprint density at radius 3 is 2.77 bits per heavy atom. The molecule has 0 saturated carbocycles. The van der Waals surface area contributed by atoms with E-state index in [0.717, 1.165) is 22.0 Å². The van der Waals surface area contributed by atoms with Crippen LogP contribution in [0.3, 0.4) is 0 Å². The van der Waals surface area contributed by atoms with Crippen molar-refractivity contribution in [1.82, 2.24) is 19.5 Å². The number of carbonyl (C=O) groups is 1. The normalized spacial score (nSPS) is 13.6. The summed E-state index contributed by atoms with van der Waals surface area (Å²) in [5.41, 5.74) is 3.09. The van der Waals surface area contributed by atoms with Gasteiger partial charge >= 0.3 is 6.18 Å². The summed E-state index contributed by atoms with van der Waals surface area (Å²) in [7, 11) is 0. The third kappa shape index (κ3) is 3.85. The van der Waals surface area contributed by atoms with Crippen LogP contribution in [0.4, 0.5) is 19.0 Å². The number of nitrogens with zero attached hydrogens (tertiary/aromatic N) is 5. The Labute approximate surface area is 170 Å². The number of imidazole rings is 1. The van der Waals surface area contributed by atoms with Crippen molar-refractivity contribution in [2.24, 2.45) is 0 Å². The van der Waals surface area contributed by atoms with Gasteiger partial charge < -0.3 is 9.30 Å². The van der Waals surface area contributed by atoms with E-state index in [1.54, 1.807) is 25.4 Å². The van der Waals surface area contributed by atoms with Crippen LogP contribution in [-0.2, 0) is 13.1 Å². The van der Waals surface area contributed by atoms with E-state index in [-0.39, 0.29) is 18.3 Å². The first-order chi connectivity index (χ1) is 14.2. The van der Waals surface area contributed by atoms with E-state index in [2.05, 4.69) is 15.0 Å². The number of rotatable bonds is 5. The molecule has 0 saturated heterocycles. The molecule has 0 aromatic carbocycles. The van der Waals surface area contributed by atoms with E-state index >= 15 is 0 Å². The number of carbonyl (C=O) groups excluding carboxylic acids is 1. The van der Waals surface area contributed by atoms with E-state index in [4.69, 9.17) is 4.74 Å². The van der Waals surface area contributed by atoms with Gasteiger partial charge in [0.25, 0.3) is 5.91 Å². The molecule has 1 aliphatic heterocycles. The largest absolute Gasteiger partial charge is 0.492 e. The Morgan fingerprint density at radius 1 is 1.23 bits per heavy atom. The summed E-state index contributed by atoms with van der Waals surface area (Å²) in [5.74, 6) is 0.436. The van der Waals surface area contributed by atoms with Gasteiger partial charge in [0.05, 0.1) is 42.6 Å². The number of hydrogen-bond donors (Lipinski definition) is 0. The Hall–Kier alpha value is -3.43. The molecule has 0 spiro atoms. The number of ether oxygens (including phenoxy) is 1. The van der Waals surface area contributed by atoms with Crippen molar-refractivity contribution in [1.29, 1.82) is 0 Å². The SMILES string of the molecule is CCOc1cncc(-c2cc(C)c3c(n2)CN(c2cn(CC(F)(F)F)cn2)C3=O)c1. The van der Waals surface area contributed by atoms with Gasteiger partial charge in [-0.25, -0.2) is 4.98 Å². The van der Waals surface area contributed by atoms with E-state index in [9.17, 15) is 18.0 Å². The molecule has 0 aliphatic carbocycles. The van der Waals surface area contributed by atoms with E-state index in [0.29, 0.717) is 29.3 Å². The molecule has 7 nitrogen and oxygen atoms in total. The highest BCUT2D eigenvalue weighted by Gasteiger charge is 2.34. The van der Waals surface area contributed by atoms with Gasteiger partial charge in [-0.3, -0.25) is 19.7 Å². The zero-order valence-corrected chi connectivity index (χ0v) is 16.3. The van der Waals surface area contributed by atoms with Gasteiger partial charge in [-0.15, -0.1) is 0 Å². The minimum absolute atomic E-state index is 0.129. The molecule has 3 aromatic rings. The number of hydrogen-bond acceptors (Lipinski definition) is 5. The summed E-state index contributed by atoms with van der Waals surface area (Å²) in [6.45, 7) is 3.14. The van der Waals surface area contributed by atoms with Crippen LogP contribution in [0.1, 0.15) is 28.5 Å². The third-order valence-corrected chi connectivity index (χ3v) is 4.64. The summed E-state index contributed by atoms with van der Waals surface area (Å²) in [4.78, 5) is 27.0. The molecular formula is C20H18F3N5O2. The van der Waals surface area contributed by atoms with Crippen molar-refractivity contribution >= 4 is 11.7 Å². The number of aryl methyl sites for hydroxylation is 1. The fourth-order valence-corrected chi connectivity index (χ4v) is 3.42. The third-order valence-electron chi connectivity index (χ3n) is 4.64. The van der Waals surface area contributed by atoms with Gasteiger partial charge in [0.15, 0.2) is 5.82 Å². The van der Waals surface area contributed by atoms with Crippen molar-refractivity contribution in [2.75, 3.05) is 11.5 Å². The number of aromatic nitrogens is 4. The molecule has 0 fully saturated rings. The van der Waals surface area contributed by atoms with Crippen LogP contribution >= 0.6 is 0 Å². The van der Waals surface area contributed by atoms with E-state index < -0.39 is 12.7 Å². The van der Waals surface area contributed by atoms with Gasteiger partial charge in [0.1, 0.15) is 12.3 Å². The van der Waals surface area contributed by atoms with Crippen LogP contribution in [0.2, 0.25) is 0 Å². The predicted octanol–water partition coefficient (Wildman–Crippen LogP) is 3.77. The highest BCUT2D eigenvalue weighted by molar-refractivity contribution is 6.10. The number of anilines is 1. The van der Waals surface area contributed by atoms with Gasteiger partial charge in [0, 0.05) is 18.0 Å². The zero-order chi connectivity index (χ0) is 21.5. The molecule has 30 heavy (non-hydrogen) atoms. The van der Waals surface area contributed by atoms with Gasteiger partial charge in [-0.05, 0) is 31.5 Å². The molecule has 0 bridgehead atoms. The fraction of sp³-hybridized carbons (Fsp3) is 0.300. The highest BCUT2D eigenvalue weighted by atomic mass is 19.4. The summed E-state index contributed by atoms with van der Waals surface area (Å²) in [6.07, 6.45) is 1.17. The molecule has 1 aliphatic rings. The Balaban J connectivity index is 1.64.